The topological polar surface area (TPSA) is 61.8 Å². The smallest absolute Gasteiger partial charge is 0.141 e. The molecule has 116 valence electrons. The molecule has 2 atom stereocenters. The normalized spacial score (nSPS) is 22.7. The molecule has 0 saturated carbocycles. The molecule has 1 aromatic rings. The monoisotopic (exact) mass is 289 g/mol. The van der Waals surface area contributed by atoms with Crippen molar-refractivity contribution in [3.8, 4) is 0 Å². The molecule has 0 aromatic heterocycles. The average molecular weight is 289 g/mol. The second kappa shape index (κ2) is 8.03. The van der Waals surface area contributed by atoms with Crippen molar-refractivity contribution in [2.45, 2.75) is 45.1 Å². The Balaban J connectivity index is 2.15. The number of amidine groups is 1. The van der Waals surface area contributed by atoms with Crippen LogP contribution in [0, 0.1) is 5.92 Å². The highest BCUT2D eigenvalue weighted by Gasteiger charge is 2.24. The molecule has 4 heteroatoms. The highest BCUT2D eigenvalue weighted by molar-refractivity contribution is 5.80. The predicted molar refractivity (Wildman–Crippen MR) is 86.4 cm³/mol. The molecule has 1 saturated heterocycles. The molecule has 0 radical (unpaired) electrons. The molecule has 0 spiro atoms. The third kappa shape index (κ3) is 4.46. The van der Waals surface area contributed by atoms with E-state index in [4.69, 9.17) is 10.9 Å². The van der Waals surface area contributed by atoms with Crippen LogP contribution in [0.25, 0.3) is 0 Å². The van der Waals surface area contributed by atoms with Gasteiger partial charge in [-0.1, -0.05) is 48.8 Å². The van der Waals surface area contributed by atoms with Crippen molar-refractivity contribution in [2.75, 3.05) is 13.1 Å². The van der Waals surface area contributed by atoms with Crippen LogP contribution in [0.15, 0.2) is 35.5 Å². The van der Waals surface area contributed by atoms with E-state index in [9.17, 15) is 0 Å². The van der Waals surface area contributed by atoms with E-state index >= 15 is 0 Å². The molecule has 1 aromatic carbocycles. The summed E-state index contributed by atoms with van der Waals surface area (Å²) in [5.74, 6) is 1.15. The predicted octanol–water partition coefficient (Wildman–Crippen LogP) is 3.38. The fourth-order valence-corrected chi connectivity index (χ4v) is 3.28. The Morgan fingerprint density at radius 2 is 2.10 bits per heavy atom. The van der Waals surface area contributed by atoms with E-state index < -0.39 is 0 Å². The van der Waals surface area contributed by atoms with Crippen LogP contribution in [0.5, 0.6) is 0 Å². The van der Waals surface area contributed by atoms with Gasteiger partial charge in [0.05, 0.1) is 0 Å². The largest absolute Gasteiger partial charge is 0.409 e. The number of hydrogen-bond donors (Lipinski definition) is 2. The molecule has 1 heterocycles. The Kier molecular flexibility index (Phi) is 6.05. The third-order valence-corrected chi connectivity index (χ3v) is 4.62. The van der Waals surface area contributed by atoms with Crippen LogP contribution >= 0.6 is 0 Å². The Bertz CT molecular complexity index is 447. The molecule has 3 N–H and O–H groups in total. The Morgan fingerprint density at radius 1 is 1.33 bits per heavy atom. The van der Waals surface area contributed by atoms with E-state index in [2.05, 4.69) is 41.2 Å². The number of nitrogens with zero attached hydrogens (tertiary/aromatic N) is 2. The summed E-state index contributed by atoms with van der Waals surface area (Å²) in [6.45, 7) is 4.47. The molecule has 1 aliphatic heterocycles. The average Bonchev–Trinajstić information content (AvgIpc) is 2.78. The summed E-state index contributed by atoms with van der Waals surface area (Å²) in [5, 5.41) is 12.1. The van der Waals surface area contributed by atoms with Crippen molar-refractivity contribution < 1.29 is 5.21 Å². The van der Waals surface area contributed by atoms with Crippen LogP contribution in [-0.2, 0) is 0 Å². The van der Waals surface area contributed by atoms with E-state index in [0.717, 1.165) is 19.0 Å². The van der Waals surface area contributed by atoms with Crippen LogP contribution < -0.4 is 5.73 Å². The van der Waals surface area contributed by atoms with Gasteiger partial charge in [-0.05, 0) is 43.8 Å². The van der Waals surface area contributed by atoms with Crippen LogP contribution in [0.1, 0.15) is 50.6 Å². The lowest BCUT2D eigenvalue weighted by Gasteiger charge is -2.31. The summed E-state index contributed by atoms with van der Waals surface area (Å²) in [6.07, 6.45) is 5.65. The standard InChI is InChI=1S/C17H27N3O/c1-2-14-7-6-11-20(12-10-14)16(13-17(18)19-21)15-8-4-3-5-9-15/h3-5,8-9,14,16,21H,2,6-7,10-13H2,1H3,(H2,18,19). The van der Waals surface area contributed by atoms with Crippen LogP contribution in [0.4, 0.5) is 0 Å². The minimum atomic E-state index is 0.206. The summed E-state index contributed by atoms with van der Waals surface area (Å²) in [4.78, 5) is 2.50. The molecular formula is C17H27N3O. The van der Waals surface area contributed by atoms with Gasteiger partial charge in [-0.3, -0.25) is 4.90 Å². The van der Waals surface area contributed by atoms with E-state index in [1.54, 1.807) is 0 Å². The van der Waals surface area contributed by atoms with Crippen LogP contribution in [-0.4, -0.2) is 29.0 Å². The van der Waals surface area contributed by atoms with Gasteiger partial charge < -0.3 is 10.9 Å². The molecular weight excluding hydrogens is 262 g/mol. The number of benzene rings is 1. The second-order valence-corrected chi connectivity index (χ2v) is 5.96. The molecule has 2 unspecified atom stereocenters. The van der Waals surface area contributed by atoms with E-state index in [0.29, 0.717) is 12.3 Å². The van der Waals surface area contributed by atoms with Gasteiger partial charge in [0.2, 0.25) is 0 Å². The summed E-state index contributed by atoms with van der Waals surface area (Å²) in [6, 6.07) is 10.6. The number of likely N-dealkylation sites (tertiary alicyclic amines) is 1. The Labute approximate surface area is 127 Å². The zero-order valence-corrected chi connectivity index (χ0v) is 12.9. The van der Waals surface area contributed by atoms with Gasteiger partial charge in [0.15, 0.2) is 0 Å². The van der Waals surface area contributed by atoms with Crippen molar-refractivity contribution in [1.82, 2.24) is 4.90 Å². The van der Waals surface area contributed by atoms with Crippen LogP contribution in [0.2, 0.25) is 0 Å². The maximum Gasteiger partial charge on any atom is 0.141 e. The Morgan fingerprint density at radius 3 is 2.76 bits per heavy atom. The van der Waals surface area contributed by atoms with Gasteiger partial charge in [-0.25, -0.2) is 0 Å². The first-order valence-electron chi connectivity index (χ1n) is 8.00. The van der Waals surface area contributed by atoms with Crippen molar-refractivity contribution in [3.05, 3.63) is 35.9 Å². The van der Waals surface area contributed by atoms with Crippen molar-refractivity contribution >= 4 is 5.84 Å². The second-order valence-electron chi connectivity index (χ2n) is 5.96. The highest BCUT2D eigenvalue weighted by Crippen LogP contribution is 2.29. The third-order valence-electron chi connectivity index (χ3n) is 4.62. The molecule has 0 amide bonds. The molecule has 0 aliphatic carbocycles. The summed E-state index contributed by atoms with van der Waals surface area (Å²) < 4.78 is 0. The summed E-state index contributed by atoms with van der Waals surface area (Å²) >= 11 is 0. The molecule has 0 bridgehead atoms. The highest BCUT2D eigenvalue weighted by atomic mass is 16.4. The lowest BCUT2D eigenvalue weighted by atomic mass is 9.98. The molecule has 2 rings (SSSR count). The fraction of sp³-hybridized carbons (Fsp3) is 0.588. The van der Waals surface area contributed by atoms with Crippen molar-refractivity contribution in [2.24, 2.45) is 16.8 Å². The van der Waals surface area contributed by atoms with E-state index in [1.807, 2.05) is 6.07 Å². The SMILES string of the molecule is CCC1CCCN(C(CC(N)=NO)c2ccccc2)CC1. The van der Waals surface area contributed by atoms with Gasteiger partial charge in [0.25, 0.3) is 0 Å². The van der Waals surface area contributed by atoms with Gasteiger partial charge in [0, 0.05) is 12.5 Å². The number of rotatable bonds is 5. The first kappa shape index (κ1) is 15.8. The quantitative estimate of drug-likeness (QED) is 0.378. The van der Waals surface area contributed by atoms with Gasteiger partial charge in [-0.2, -0.15) is 0 Å². The van der Waals surface area contributed by atoms with E-state index in [-0.39, 0.29) is 6.04 Å². The summed E-state index contributed by atoms with van der Waals surface area (Å²) in [7, 11) is 0. The maximum atomic E-state index is 8.91. The Hall–Kier alpha value is -1.55. The first-order valence-corrected chi connectivity index (χ1v) is 8.00. The zero-order valence-electron chi connectivity index (χ0n) is 12.9. The maximum absolute atomic E-state index is 8.91. The van der Waals surface area contributed by atoms with Gasteiger partial charge in [0.1, 0.15) is 5.84 Å². The zero-order chi connectivity index (χ0) is 15.1. The molecule has 4 nitrogen and oxygen atoms in total. The number of oxime groups is 1. The van der Waals surface area contributed by atoms with Crippen LogP contribution in [0.3, 0.4) is 0 Å². The van der Waals surface area contributed by atoms with Gasteiger partial charge >= 0.3 is 0 Å². The first-order chi connectivity index (χ1) is 10.2. The number of hydrogen-bond acceptors (Lipinski definition) is 3. The van der Waals surface area contributed by atoms with Gasteiger partial charge in [-0.15, -0.1) is 0 Å². The lowest BCUT2D eigenvalue weighted by Crippen LogP contribution is -2.33. The van der Waals surface area contributed by atoms with E-state index in [1.165, 1.54) is 31.2 Å². The lowest BCUT2D eigenvalue weighted by molar-refractivity contribution is 0.204. The fourth-order valence-electron chi connectivity index (χ4n) is 3.28. The molecule has 1 aliphatic rings. The van der Waals surface area contributed by atoms with Crippen molar-refractivity contribution in [1.29, 1.82) is 0 Å². The minimum absolute atomic E-state index is 0.206. The van der Waals surface area contributed by atoms with Crippen molar-refractivity contribution in [3.63, 3.8) is 0 Å². The number of nitrogens with two attached hydrogens (primary N) is 1. The summed E-state index contributed by atoms with van der Waals surface area (Å²) in [5.41, 5.74) is 7.03. The minimum Gasteiger partial charge on any atom is -0.409 e. The molecule has 21 heavy (non-hydrogen) atoms. The molecule has 1 fully saturated rings.